The second kappa shape index (κ2) is 4.05. The van der Waals surface area contributed by atoms with Crippen LogP contribution < -0.4 is 5.46 Å². The van der Waals surface area contributed by atoms with Crippen LogP contribution in [0.3, 0.4) is 0 Å². The second-order valence-corrected chi connectivity index (χ2v) is 4.13. The lowest BCUT2D eigenvalue weighted by atomic mass is 9.97. The van der Waals surface area contributed by atoms with Crippen LogP contribution in [-0.4, -0.2) is 48.7 Å². The minimum absolute atomic E-state index is 0.223. The third-order valence-corrected chi connectivity index (χ3v) is 2.53. The van der Waals surface area contributed by atoms with Crippen LogP contribution in [0.1, 0.15) is 10.4 Å². The second-order valence-electron chi connectivity index (χ2n) is 4.13. The molecule has 2 rings (SSSR count). The van der Waals surface area contributed by atoms with Gasteiger partial charge in [-0.15, -0.1) is 0 Å². The molecule has 2 heterocycles. The maximum absolute atomic E-state index is 11.9. The number of hydrogen-bond acceptors (Lipinski definition) is 3. The van der Waals surface area contributed by atoms with Gasteiger partial charge in [0.1, 0.15) is 13.5 Å². The highest BCUT2D eigenvalue weighted by Crippen LogP contribution is 2.17. The van der Waals surface area contributed by atoms with Gasteiger partial charge in [0.15, 0.2) is 6.29 Å². The summed E-state index contributed by atoms with van der Waals surface area (Å²) < 4.78 is 1.39. The quantitative estimate of drug-likeness (QED) is 0.495. The Hall–Kier alpha value is -2.11. The van der Waals surface area contributed by atoms with Gasteiger partial charge in [-0.1, -0.05) is 11.5 Å². The first-order valence-corrected chi connectivity index (χ1v) is 5.19. The number of fused-ring (bicyclic) bond motifs is 1. The van der Waals surface area contributed by atoms with Gasteiger partial charge in [-0.25, -0.2) is 9.78 Å². The van der Waals surface area contributed by atoms with E-state index in [1.807, 2.05) is 13.9 Å². The fourth-order valence-electron chi connectivity index (χ4n) is 1.69. The molecule has 6 heteroatoms. The summed E-state index contributed by atoms with van der Waals surface area (Å²) in [6, 6.07) is 1.63. The Morgan fingerprint density at radius 3 is 2.82 bits per heavy atom. The maximum atomic E-state index is 11.9. The van der Waals surface area contributed by atoms with Crippen LogP contribution in [0.2, 0.25) is 0 Å². The Bertz CT molecular complexity index is 604. The Labute approximate surface area is 99.4 Å². The molecule has 2 aromatic rings. The molecule has 0 fully saturated rings. The topological polar surface area (TPSA) is 55.2 Å². The first-order valence-electron chi connectivity index (χ1n) is 5.19. The molecule has 86 valence electrons. The number of rotatable bonds is 1. The van der Waals surface area contributed by atoms with Crippen molar-refractivity contribution in [3.8, 4) is 0 Å². The van der Waals surface area contributed by atoms with Gasteiger partial charge in [-0.2, -0.15) is 0 Å². The number of nitrogens with zero attached hydrogens (tertiary/aromatic N) is 3. The predicted molar refractivity (Wildman–Crippen MR) is 67.8 cm³/mol. The van der Waals surface area contributed by atoms with Gasteiger partial charge in [-0.3, -0.25) is 9.36 Å². The first-order chi connectivity index (χ1) is 8.04. The number of carbonyl (C=O) groups is 2. The molecule has 0 bridgehead atoms. The Kier molecular flexibility index (Phi) is 2.71. The first kappa shape index (κ1) is 11.4. The van der Waals surface area contributed by atoms with Crippen molar-refractivity contribution in [2.24, 2.45) is 0 Å². The molecule has 0 N–H and O–H groups in total. The van der Waals surface area contributed by atoms with Gasteiger partial charge in [-0.05, 0) is 0 Å². The number of aldehydes is 1. The lowest BCUT2D eigenvalue weighted by molar-refractivity contribution is 0.112. The monoisotopic (exact) mass is 229 g/mol. The normalized spacial score (nSPS) is 10.5. The van der Waals surface area contributed by atoms with Gasteiger partial charge in [0, 0.05) is 37.4 Å². The van der Waals surface area contributed by atoms with Crippen molar-refractivity contribution in [1.82, 2.24) is 14.5 Å². The fourth-order valence-corrected chi connectivity index (χ4v) is 1.69. The standard InChI is InChI=1S/C11H12BN3O2/c1-14(2)11(17)15-5-7(6-16)9-3-8(12)4-13-10(9)15/h3-6H,12H2,1-2H3. The third-order valence-electron chi connectivity index (χ3n) is 2.53. The van der Waals surface area contributed by atoms with Gasteiger partial charge < -0.3 is 4.90 Å². The van der Waals surface area contributed by atoms with Crippen LogP contribution in [0.25, 0.3) is 11.0 Å². The zero-order valence-corrected chi connectivity index (χ0v) is 9.97. The average molecular weight is 229 g/mol. The highest BCUT2D eigenvalue weighted by atomic mass is 16.2. The molecule has 0 spiro atoms. The molecule has 1 amide bonds. The summed E-state index contributed by atoms with van der Waals surface area (Å²) in [6.45, 7) is 0. The van der Waals surface area contributed by atoms with Gasteiger partial charge >= 0.3 is 6.03 Å². The van der Waals surface area contributed by atoms with E-state index in [0.717, 1.165) is 11.7 Å². The predicted octanol–water partition coefficient (Wildman–Crippen LogP) is -0.363. The van der Waals surface area contributed by atoms with E-state index in [1.165, 1.54) is 15.7 Å². The van der Waals surface area contributed by atoms with Gasteiger partial charge in [0.25, 0.3) is 0 Å². The molecular formula is C11H12BN3O2. The Morgan fingerprint density at radius 1 is 1.53 bits per heavy atom. The van der Waals surface area contributed by atoms with Gasteiger partial charge in [0.05, 0.1) is 0 Å². The highest BCUT2D eigenvalue weighted by Gasteiger charge is 2.15. The Morgan fingerprint density at radius 2 is 2.24 bits per heavy atom. The summed E-state index contributed by atoms with van der Waals surface area (Å²) >= 11 is 0. The van der Waals surface area contributed by atoms with Crippen molar-refractivity contribution in [3.63, 3.8) is 0 Å². The van der Waals surface area contributed by atoms with E-state index in [9.17, 15) is 9.59 Å². The average Bonchev–Trinajstić information content (AvgIpc) is 2.65. The highest BCUT2D eigenvalue weighted by molar-refractivity contribution is 6.33. The van der Waals surface area contributed by atoms with Crippen LogP contribution >= 0.6 is 0 Å². The van der Waals surface area contributed by atoms with Crippen LogP contribution in [0.4, 0.5) is 4.79 Å². The molecule has 0 aliphatic carbocycles. The number of aromatic nitrogens is 2. The summed E-state index contributed by atoms with van der Waals surface area (Å²) in [5, 5.41) is 0.704. The fraction of sp³-hybridized carbons (Fsp3) is 0.182. The lowest BCUT2D eigenvalue weighted by Gasteiger charge is -2.10. The number of pyridine rings is 1. The van der Waals surface area contributed by atoms with Crippen LogP contribution in [0.15, 0.2) is 18.5 Å². The number of carbonyl (C=O) groups excluding carboxylic acids is 2. The summed E-state index contributed by atoms with van der Waals surface area (Å²) in [7, 11) is 5.21. The van der Waals surface area contributed by atoms with Crippen molar-refractivity contribution in [1.29, 1.82) is 0 Å². The molecule has 5 nitrogen and oxygen atoms in total. The van der Waals surface area contributed by atoms with Gasteiger partial charge in [0.2, 0.25) is 0 Å². The molecular weight excluding hydrogens is 217 g/mol. The molecule has 0 aliphatic rings. The van der Waals surface area contributed by atoms with Crippen LogP contribution in [0, 0.1) is 0 Å². The lowest BCUT2D eigenvalue weighted by Crippen LogP contribution is -2.26. The van der Waals surface area contributed by atoms with E-state index in [1.54, 1.807) is 20.3 Å². The third kappa shape index (κ3) is 1.82. The SMILES string of the molecule is Bc1cnc2c(c1)c(C=O)cn2C(=O)N(C)C. The van der Waals surface area contributed by atoms with Crippen LogP contribution in [0.5, 0.6) is 0 Å². The molecule has 0 atom stereocenters. The van der Waals surface area contributed by atoms with Crippen molar-refractivity contribution in [2.45, 2.75) is 0 Å². The van der Waals surface area contributed by atoms with E-state index >= 15 is 0 Å². The smallest absolute Gasteiger partial charge is 0.329 e. The van der Waals surface area contributed by atoms with Crippen LogP contribution in [-0.2, 0) is 0 Å². The maximum Gasteiger partial charge on any atom is 0.329 e. The molecule has 0 saturated heterocycles. The molecule has 0 saturated carbocycles. The molecule has 0 radical (unpaired) electrons. The summed E-state index contributed by atoms with van der Waals surface area (Å²) in [5.41, 5.74) is 1.94. The molecule has 2 aromatic heterocycles. The molecule has 0 aliphatic heterocycles. The van der Waals surface area contributed by atoms with E-state index in [-0.39, 0.29) is 6.03 Å². The van der Waals surface area contributed by atoms with E-state index in [4.69, 9.17) is 0 Å². The van der Waals surface area contributed by atoms with Crippen molar-refractivity contribution in [3.05, 3.63) is 24.0 Å². The zero-order valence-electron chi connectivity index (χ0n) is 9.97. The van der Waals surface area contributed by atoms with Crippen molar-refractivity contribution < 1.29 is 9.59 Å². The Balaban J connectivity index is 2.73. The molecule has 17 heavy (non-hydrogen) atoms. The number of hydrogen-bond donors (Lipinski definition) is 0. The van der Waals surface area contributed by atoms with Crippen molar-refractivity contribution in [2.75, 3.05) is 14.1 Å². The minimum atomic E-state index is -0.223. The van der Waals surface area contributed by atoms with E-state index in [2.05, 4.69) is 4.98 Å². The minimum Gasteiger partial charge on any atom is -0.330 e. The summed E-state index contributed by atoms with van der Waals surface area (Å²) in [6.07, 6.45) is 3.94. The molecule has 0 unspecified atom stereocenters. The summed E-state index contributed by atoms with van der Waals surface area (Å²) in [4.78, 5) is 28.5. The zero-order chi connectivity index (χ0) is 12.6. The van der Waals surface area contributed by atoms with Crippen molar-refractivity contribution >= 4 is 36.7 Å². The van der Waals surface area contributed by atoms with E-state index < -0.39 is 0 Å². The summed E-state index contributed by atoms with van der Waals surface area (Å²) in [5.74, 6) is 0. The van der Waals surface area contributed by atoms with E-state index in [0.29, 0.717) is 16.6 Å². The number of amides is 1. The molecule has 0 aromatic carbocycles. The largest absolute Gasteiger partial charge is 0.330 e.